The number of benzene rings is 1. The van der Waals surface area contributed by atoms with Crippen molar-refractivity contribution < 1.29 is 33.6 Å². The molecule has 1 saturated carbocycles. The van der Waals surface area contributed by atoms with Gasteiger partial charge in [-0.3, -0.25) is 0 Å². The van der Waals surface area contributed by atoms with Gasteiger partial charge in [-0.25, -0.2) is 9.59 Å². The van der Waals surface area contributed by atoms with E-state index in [1.54, 1.807) is 42.5 Å². The van der Waals surface area contributed by atoms with E-state index in [1.165, 1.54) is 18.2 Å². The molecule has 1 aromatic rings. The Morgan fingerprint density at radius 2 is 1.64 bits per heavy atom. The number of hydrogen-bond acceptors (Lipinski definition) is 7. The molecule has 7 heteroatoms. The Kier molecular flexibility index (Phi) is 9.39. The first kappa shape index (κ1) is 26.7. The van der Waals surface area contributed by atoms with Crippen LogP contribution in [0.1, 0.15) is 28.8 Å². The number of esters is 2. The standard InChI is InChI=1S/C29H30O7/c1-5-21-10-12-22(13-11-21)28(31)35-19(3)8-9-20(4)36-29(32)23-14-15-26(25-18-24(23)25)33-16-7-17-34-27(30)6-2/h5-6,8-15,24-25,27,30H,1-4,7,16-18H2/b9-8-. The summed E-state index contributed by atoms with van der Waals surface area (Å²) in [6.45, 7) is 15.3. The molecular formula is C29H30O7. The zero-order valence-corrected chi connectivity index (χ0v) is 20.1. The maximum absolute atomic E-state index is 12.6. The monoisotopic (exact) mass is 490 g/mol. The zero-order chi connectivity index (χ0) is 26.1. The van der Waals surface area contributed by atoms with Crippen LogP contribution in [0, 0.1) is 11.8 Å². The van der Waals surface area contributed by atoms with Crippen molar-refractivity contribution >= 4 is 18.0 Å². The molecule has 36 heavy (non-hydrogen) atoms. The fourth-order valence-corrected chi connectivity index (χ4v) is 3.53. The molecule has 1 N–H and O–H groups in total. The van der Waals surface area contributed by atoms with E-state index in [9.17, 15) is 14.7 Å². The Labute approximate surface area is 211 Å². The van der Waals surface area contributed by atoms with E-state index < -0.39 is 18.2 Å². The number of rotatable bonds is 14. The summed E-state index contributed by atoms with van der Waals surface area (Å²) in [6.07, 6.45) is 9.75. The largest absolute Gasteiger partial charge is 0.498 e. The van der Waals surface area contributed by atoms with Gasteiger partial charge in [0.1, 0.15) is 11.5 Å². The lowest BCUT2D eigenvalue weighted by Crippen LogP contribution is -2.13. The predicted octanol–water partition coefficient (Wildman–Crippen LogP) is 5.00. The second-order valence-electron chi connectivity index (χ2n) is 8.21. The number of allylic oxidation sites excluding steroid dienone is 5. The molecule has 0 bridgehead atoms. The van der Waals surface area contributed by atoms with Crippen LogP contribution in [0.15, 0.2) is 104 Å². The van der Waals surface area contributed by atoms with Gasteiger partial charge in [0.25, 0.3) is 0 Å². The quantitative estimate of drug-likeness (QED) is 0.0980. The molecule has 0 spiro atoms. The fourth-order valence-electron chi connectivity index (χ4n) is 3.53. The van der Waals surface area contributed by atoms with Gasteiger partial charge in [0.2, 0.25) is 0 Å². The van der Waals surface area contributed by atoms with Crippen molar-refractivity contribution in [2.75, 3.05) is 13.2 Å². The summed E-state index contributed by atoms with van der Waals surface area (Å²) in [5, 5.41) is 9.27. The molecule has 0 amide bonds. The summed E-state index contributed by atoms with van der Waals surface area (Å²) in [4.78, 5) is 24.8. The van der Waals surface area contributed by atoms with E-state index in [4.69, 9.17) is 18.9 Å². The third-order valence-corrected chi connectivity index (χ3v) is 5.55. The Balaban J connectivity index is 1.43. The minimum Gasteiger partial charge on any atom is -0.498 e. The Morgan fingerprint density at radius 3 is 2.28 bits per heavy atom. The van der Waals surface area contributed by atoms with Crippen molar-refractivity contribution in [2.45, 2.75) is 19.1 Å². The van der Waals surface area contributed by atoms with Crippen LogP contribution in [0.3, 0.4) is 0 Å². The molecule has 2 aliphatic rings. The normalized spacial score (nSPS) is 18.7. The highest BCUT2D eigenvalue weighted by atomic mass is 16.6. The van der Waals surface area contributed by atoms with Crippen LogP contribution in [0.2, 0.25) is 0 Å². The second kappa shape index (κ2) is 12.7. The van der Waals surface area contributed by atoms with Gasteiger partial charge in [0, 0.05) is 23.8 Å². The first-order valence-corrected chi connectivity index (χ1v) is 11.5. The molecule has 0 radical (unpaired) electrons. The lowest BCUT2D eigenvalue weighted by atomic mass is 10.0. The first-order chi connectivity index (χ1) is 17.3. The molecule has 0 heterocycles. The summed E-state index contributed by atoms with van der Waals surface area (Å²) in [5.74, 6) is 0.177. The Morgan fingerprint density at radius 1 is 0.972 bits per heavy atom. The molecule has 1 aromatic carbocycles. The Hall–Kier alpha value is -3.94. The number of ether oxygens (including phenoxy) is 4. The van der Waals surface area contributed by atoms with Crippen molar-refractivity contribution in [1.82, 2.24) is 0 Å². The smallest absolute Gasteiger partial charge is 0.343 e. The molecule has 0 saturated heterocycles. The molecule has 0 aliphatic heterocycles. The minimum atomic E-state index is -0.971. The average Bonchev–Trinajstić information content (AvgIpc) is 3.68. The number of hydrogen-bond donors (Lipinski definition) is 1. The third-order valence-electron chi connectivity index (χ3n) is 5.55. The van der Waals surface area contributed by atoms with E-state index in [0.717, 1.165) is 17.7 Å². The molecule has 2 aliphatic carbocycles. The van der Waals surface area contributed by atoms with E-state index in [-0.39, 0.29) is 23.4 Å². The summed E-state index contributed by atoms with van der Waals surface area (Å²) < 4.78 is 21.4. The topological polar surface area (TPSA) is 91.3 Å². The predicted molar refractivity (Wildman–Crippen MR) is 136 cm³/mol. The minimum absolute atomic E-state index is 0.0523. The van der Waals surface area contributed by atoms with Crippen LogP contribution in [0.4, 0.5) is 0 Å². The number of aliphatic hydroxyl groups is 1. The highest BCUT2D eigenvalue weighted by molar-refractivity contribution is 5.92. The number of carbonyl (C=O) groups excluding carboxylic acids is 2. The summed E-state index contributed by atoms with van der Waals surface area (Å²) in [7, 11) is 0. The molecular weight excluding hydrogens is 460 g/mol. The second-order valence-corrected chi connectivity index (χ2v) is 8.21. The van der Waals surface area contributed by atoms with Crippen LogP contribution in [-0.4, -0.2) is 36.5 Å². The number of fused-ring (bicyclic) bond motifs is 1. The van der Waals surface area contributed by atoms with E-state index in [1.807, 2.05) is 0 Å². The van der Waals surface area contributed by atoms with Crippen molar-refractivity contribution in [2.24, 2.45) is 11.8 Å². The third kappa shape index (κ3) is 7.53. The van der Waals surface area contributed by atoms with Crippen molar-refractivity contribution in [3.05, 3.63) is 115 Å². The Bertz CT molecular complexity index is 1120. The molecule has 3 rings (SSSR count). The fraction of sp³-hybridized carbons (Fsp3) is 0.241. The summed E-state index contributed by atoms with van der Waals surface area (Å²) >= 11 is 0. The van der Waals surface area contributed by atoms with Gasteiger partial charge in [0.05, 0.1) is 24.5 Å². The molecule has 7 nitrogen and oxygen atoms in total. The van der Waals surface area contributed by atoms with Crippen LogP contribution in [0.5, 0.6) is 0 Å². The van der Waals surface area contributed by atoms with Crippen LogP contribution in [-0.2, 0) is 23.7 Å². The summed E-state index contributed by atoms with van der Waals surface area (Å²) in [5.41, 5.74) is 1.83. The van der Waals surface area contributed by atoms with Crippen LogP contribution in [0.25, 0.3) is 6.08 Å². The van der Waals surface area contributed by atoms with E-state index in [2.05, 4.69) is 26.3 Å². The van der Waals surface area contributed by atoms with Gasteiger partial charge in [-0.1, -0.05) is 44.5 Å². The van der Waals surface area contributed by atoms with Crippen molar-refractivity contribution in [3.8, 4) is 0 Å². The van der Waals surface area contributed by atoms with Crippen LogP contribution >= 0.6 is 0 Å². The van der Waals surface area contributed by atoms with E-state index >= 15 is 0 Å². The zero-order valence-electron chi connectivity index (χ0n) is 20.1. The van der Waals surface area contributed by atoms with Gasteiger partial charge < -0.3 is 24.1 Å². The van der Waals surface area contributed by atoms with Gasteiger partial charge in [-0.2, -0.15) is 0 Å². The highest BCUT2D eigenvalue weighted by Gasteiger charge is 2.48. The average molecular weight is 491 g/mol. The van der Waals surface area contributed by atoms with Crippen molar-refractivity contribution in [1.29, 1.82) is 0 Å². The molecule has 3 unspecified atom stereocenters. The van der Waals surface area contributed by atoms with Gasteiger partial charge in [0.15, 0.2) is 6.29 Å². The maximum Gasteiger partial charge on any atom is 0.343 e. The number of carbonyl (C=O) groups is 2. The molecule has 188 valence electrons. The molecule has 1 fully saturated rings. The van der Waals surface area contributed by atoms with Gasteiger partial charge in [-0.05, 0) is 54.5 Å². The first-order valence-electron chi connectivity index (χ1n) is 11.5. The van der Waals surface area contributed by atoms with E-state index in [0.29, 0.717) is 30.8 Å². The molecule has 0 aromatic heterocycles. The van der Waals surface area contributed by atoms with Crippen LogP contribution < -0.4 is 0 Å². The lowest BCUT2D eigenvalue weighted by molar-refractivity contribution is -0.134. The SMILES string of the molecule is C=Cc1ccc(C(=O)OC(=C)/C=C\C(=C)OC(=O)C2=CC=C(OCCCOC(O)C=C)C3CC23)cc1. The molecule has 3 atom stereocenters. The van der Waals surface area contributed by atoms with Gasteiger partial charge in [-0.15, -0.1) is 0 Å². The number of aliphatic hydroxyl groups excluding tert-OH is 1. The van der Waals surface area contributed by atoms with Crippen molar-refractivity contribution in [3.63, 3.8) is 0 Å². The van der Waals surface area contributed by atoms with Gasteiger partial charge >= 0.3 is 11.9 Å². The summed E-state index contributed by atoms with van der Waals surface area (Å²) in [6, 6.07) is 6.78. The maximum atomic E-state index is 12.6. The highest BCUT2D eigenvalue weighted by Crippen LogP contribution is 2.51. The lowest BCUT2D eigenvalue weighted by Gasteiger charge is -2.15.